The number of aromatic hydroxyl groups is 1. The van der Waals surface area contributed by atoms with Gasteiger partial charge in [-0.3, -0.25) is 4.79 Å². The van der Waals surface area contributed by atoms with Crippen LogP contribution in [0.25, 0.3) is 23.1 Å². The second kappa shape index (κ2) is 7.05. The van der Waals surface area contributed by atoms with Crippen molar-refractivity contribution in [3.05, 3.63) is 59.8 Å². The van der Waals surface area contributed by atoms with Crippen LogP contribution in [-0.2, 0) is 4.79 Å². The number of pyridine rings is 1. The van der Waals surface area contributed by atoms with E-state index >= 15 is 0 Å². The number of hydrogen-bond acceptors (Lipinski definition) is 5. The van der Waals surface area contributed by atoms with Gasteiger partial charge in [-0.05, 0) is 35.9 Å². The fraction of sp³-hybridized carbons (Fsp3) is 0.100. The zero-order valence-electron chi connectivity index (χ0n) is 13.9. The smallest absolute Gasteiger partial charge is 0.308 e. The van der Waals surface area contributed by atoms with E-state index in [0.717, 1.165) is 16.6 Å². The Morgan fingerprint density at radius 1 is 1.08 bits per heavy atom. The Hall–Kier alpha value is -3.34. The van der Waals surface area contributed by atoms with Crippen molar-refractivity contribution in [3.8, 4) is 17.2 Å². The lowest BCUT2D eigenvalue weighted by atomic mass is 10.1. The lowest BCUT2D eigenvalue weighted by molar-refractivity contribution is -0.131. The van der Waals surface area contributed by atoms with E-state index in [1.54, 1.807) is 24.3 Å². The van der Waals surface area contributed by atoms with Gasteiger partial charge in [0, 0.05) is 12.3 Å². The Morgan fingerprint density at radius 3 is 2.68 bits per heavy atom. The lowest BCUT2D eigenvalue weighted by Crippen LogP contribution is -2.02. The summed E-state index contributed by atoms with van der Waals surface area (Å²) in [6, 6.07) is 14.3. The summed E-state index contributed by atoms with van der Waals surface area (Å²) in [7, 11) is 1.50. The maximum Gasteiger partial charge on any atom is 0.308 e. The highest BCUT2D eigenvalue weighted by molar-refractivity contribution is 5.88. The first-order chi connectivity index (χ1) is 12.1. The summed E-state index contributed by atoms with van der Waals surface area (Å²) in [5.74, 6) is 0.554. The molecule has 0 saturated carbocycles. The van der Waals surface area contributed by atoms with Gasteiger partial charge in [-0.2, -0.15) is 0 Å². The predicted octanol–water partition coefficient (Wildman–Crippen LogP) is 4.04. The van der Waals surface area contributed by atoms with Gasteiger partial charge >= 0.3 is 5.97 Å². The Kier molecular flexibility index (Phi) is 4.66. The molecule has 1 aromatic heterocycles. The van der Waals surface area contributed by atoms with E-state index in [4.69, 9.17) is 9.47 Å². The molecule has 25 heavy (non-hydrogen) atoms. The van der Waals surface area contributed by atoms with Gasteiger partial charge in [0.1, 0.15) is 5.52 Å². The number of para-hydroxylation sites is 1. The Balaban J connectivity index is 1.95. The van der Waals surface area contributed by atoms with Crippen molar-refractivity contribution in [2.24, 2.45) is 0 Å². The van der Waals surface area contributed by atoms with E-state index in [1.165, 1.54) is 14.0 Å². The molecule has 0 fully saturated rings. The fourth-order valence-corrected chi connectivity index (χ4v) is 2.44. The van der Waals surface area contributed by atoms with Crippen LogP contribution in [-0.4, -0.2) is 23.2 Å². The molecule has 0 bridgehead atoms. The van der Waals surface area contributed by atoms with E-state index in [2.05, 4.69) is 4.98 Å². The molecule has 0 spiro atoms. The van der Waals surface area contributed by atoms with E-state index in [0.29, 0.717) is 17.0 Å². The Bertz CT molecular complexity index is 963. The Morgan fingerprint density at radius 2 is 1.92 bits per heavy atom. The molecule has 3 rings (SSSR count). The summed E-state index contributed by atoms with van der Waals surface area (Å²) < 4.78 is 10.3. The average Bonchev–Trinajstić information content (AvgIpc) is 2.61. The van der Waals surface area contributed by atoms with Gasteiger partial charge in [0.2, 0.25) is 0 Å². The van der Waals surface area contributed by atoms with Gasteiger partial charge in [-0.25, -0.2) is 4.98 Å². The Labute approximate surface area is 145 Å². The van der Waals surface area contributed by atoms with Crippen LogP contribution in [0.15, 0.2) is 48.5 Å². The van der Waals surface area contributed by atoms with Crippen LogP contribution in [0.5, 0.6) is 17.2 Å². The number of fused-ring (bicyclic) bond motifs is 1. The second-order valence-electron chi connectivity index (χ2n) is 5.42. The first-order valence-corrected chi connectivity index (χ1v) is 7.70. The zero-order valence-corrected chi connectivity index (χ0v) is 13.9. The van der Waals surface area contributed by atoms with Crippen molar-refractivity contribution >= 4 is 29.0 Å². The summed E-state index contributed by atoms with van der Waals surface area (Å²) in [5.41, 5.74) is 2.21. The van der Waals surface area contributed by atoms with Gasteiger partial charge in [-0.1, -0.05) is 30.3 Å². The first kappa shape index (κ1) is 16.5. The third-order valence-corrected chi connectivity index (χ3v) is 3.61. The molecule has 0 atom stereocenters. The van der Waals surface area contributed by atoms with Crippen molar-refractivity contribution in [2.45, 2.75) is 6.92 Å². The van der Waals surface area contributed by atoms with Gasteiger partial charge < -0.3 is 14.6 Å². The normalized spacial score (nSPS) is 11.0. The minimum Gasteiger partial charge on any atom is -0.504 e. The number of nitrogens with zero attached hydrogens (tertiary/aromatic N) is 1. The standard InChI is InChI=1S/C20H17NO4/c1-13(22)25-18-5-3-4-15-8-10-16(21-20(15)18)9-6-14-7-11-17(23)19(12-14)24-2/h3-12,23H,1-2H3/b9-6-. The lowest BCUT2D eigenvalue weighted by Gasteiger charge is -2.06. The summed E-state index contributed by atoms with van der Waals surface area (Å²) in [5, 5.41) is 10.5. The van der Waals surface area contributed by atoms with Crippen molar-refractivity contribution in [1.29, 1.82) is 0 Å². The number of rotatable bonds is 4. The van der Waals surface area contributed by atoms with E-state index < -0.39 is 0 Å². The number of methoxy groups -OCH3 is 1. The highest BCUT2D eigenvalue weighted by Crippen LogP contribution is 2.28. The summed E-state index contributed by atoms with van der Waals surface area (Å²) in [4.78, 5) is 15.8. The zero-order chi connectivity index (χ0) is 17.8. The maximum absolute atomic E-state index is 11.2. The largest absolute Gasteiger partial charge is 0.504 e. The molecule has 1 heterocycles. The number of esters is 1. The van der Waals surface area contributed by atoms with Gasteiger partial charge in [-0.15, -0.1) is 0 Å². The van der Waals surface area contributed by atoms with E-state index in [1.807, 2.05) is 36.4 Å². The number of phenolic OH excluding ortho intramolecular Hbond substituents is 1. The van der Waals surface area contributed by atoms with Crippen LogP contribution in [0.4, 0.5) is 0 Å². The molecule has 0 amide bonds. The van der Waals surface area contributed by atoms with Gasteiger partial charge in [0.05, 0.1) is 12.8 Å². The molecule has 126 valence electrons. The molecule has 5 nitrogen and oxygen atoms in total. The number of ether oxygens (including phenoxy) is 2. The van der Waals surface area contributed by atoms with Crippen molar-refractivity contribution < 1.29 is 19.4 Å². The molecule has 0 aliphatic rings. The minimum absolute atomic E-state index is 0.0921. The highest BCUT2D eigenvalue weighted by atomic mass is 16.5. The van der Waals surface area contributed by atoms with Crippen LogP contribution in [0.2, 0.25) is 0 Å². The molecule has 0 radical (unpaired) electrons. The van der Waals surface area contributed by atoms with E-state index in [-0.39, 0.29) is 11.7 Å². The highest BCUT2D eigenvalue weighted by Gasteiger charge is 2.06. The molecular weight excluding hydrogens is 318 g/mol. The monoisotopic (exact) mass is 335 g/mol. The third-order valence-electron chi connectivity index (χ3n) is 3.61. The number of carbonyl (C=O) groups is 1. The molecular formula is C20H17NO4. The van der Waals surface area contributed by atoms with Crippen LogP contribution >= 0.6 is 0 Å². The third kappa shape index (κ3) is 3.77. The molecule has 0 unspecified atom stereocenters. The topological polar surface area (TPSA) is 68.7 Å². The molecule has 3 aromatic rings. The SMILES string of the molecule is COc1cc(/C=C\c2ccc3cccc(OC(C)=O)c3n2)ccc1O. The predicted molar refractivity (Wildman–Crippen MR) is 96.6 cm³/mol. The summed E-state index contributed by atoms with van der Waals surface area (Å²) >= 11 is 0. The number of carbonyl (C=O) groups excluding carboxylic acids is 1. The van der Waals surface area contributed by atoms with Gasteiger partial charge in [0.15, 0.2) is 17.2 Å². The average molecular weight is 335 g/mol. The number of benzene rings is 2. The quantitative estimate of drug-likeness (QED) is 0.575. The van der Waals surface area contributed by atoms with Crippen molar-refractivity contribution in [3.63, 3.8) is 0 Å². The second-order valence-corrected chi connectivity index (χ2v) is 5.42. The minimum atomic E-state index is -0.383. The number of hydrogen-bond donors (Lipinski definition) is 1. The fourth-order valence-electron chi connectivity index (χ4n) is 2.44. The maximum atomic E-state index is 11.2. The molecule has 0 saturated heterocycles. The molecule has 0 aliphatic carbocycles. The summed E-state index contributed by atoms with van der Waals surface area (Å²) in [6.45, 7) is 1.36. The van der Waals surface area contributed by atoms with Crippen LogP contribution in [0.3, 0.4) is 0 Å². The molecule has 0 aliphatic heterocycles. The number of phenols is 1. The molecule has 2 aromatic carbocycles. The van der Waals surface area contributed by atoms with Gasteiger partial charge in [0.25, 0.3) is 0 Å². The van der Waals surface area contributed by atoms with E-state index in [9.17, 15) is 9.90 Å². The molecule has 5 heteroatoms. The van der Waals surface area contributed by atoms with Crippen LogP contribution in [0.1, 0.15) is 18.2 Å². The van der Waals surface area contributed by atoms with Crippen molar-refractivity contribution in [1.82, 2.24) is 4.98 Å². The summed E-state index contributed by atoms with van der Waals surface area (Å²) in [6.07, 6.45) is 3.71. The van der Waals surface area contributed by atoms with Crippen LogP contribution in [0, 0.1) is 0 Å². The molecule has 1 N–H and O–H groups in total. The van der Waals surface area contributed by atoms with Crippen LogP contribution < -0.4 is 9.47 Å². The first-order valence-electron chi connectivity index (χ1n) is 7.70. The van der Waals surface area contributed by atoms with Crippen molar-refractivity contribution in [2.75, 3.05) is 7.11 Å². The number of aromatic nitrogens is 1.